The van der Waals surface area contributed by atoms with Crippen LogP contribution in [0.4, 0.5) is 0 Å². The lowest BCUT2D eigenvalue weighted by Gasteiger charge is -2.24. The third-order valence-corrected chi connectivity index (χ3v) is 2.79. The van der Waals surface area contributed by atoms with Crippen molar-refractivity contribution >= 4 is 5.78 Å². The van der Waals surface area contributed by atoms with Crippen molar-refractivity contribution in [2.75, 3.05) is 0 Å². The Kier molecular flexibility index (Phi) is 2.49. The third kappa shape index (κ3) is 2.16. The van der Waals surface area contributed by atoms with Gasteiger partial charge in [0.2, 0.25) is 0 Å². The molecule has 0 radical (unpaired) electrons. The van der Waals surface area contributed by atoms with Crippen LogP contribution in [0.5, 0.6) is 0 Å². The minimum atomic E-state index is 0.0215. The quantitative estimate of drug-likeness (QED) is 0.701. The Bertz CT molecular complexity index is 541. The maximum atomic E-state index is 4.57. The molecule has 0 N–H and O–H groups in total. The maximum Gasteiger partial charge on any atom is 0.252 e. The molecule has 0 amide bonds. The second-order valence-electron chi connectivity index (χ2n) is 6.50. The zero-order valence-corrected chi connectivity index (χ0v) is 11.4. The fourth-order valence-electron chi connectivity index (χ4n) is 1.73. The Balaban J connectivity index is 2.76. The lowest BCUT2D eigenvalue weighted by atomic mass is 9.86. The van der Waals surface area contributed by atoms with Gasteiger partial charge in [-0.05, 0) is 6.07 Å². The largest absolute Gasteiger partial charge is 0.252 e. The molecule has 0 saturated heterocycles. The lowest BCUT2D eigenvalue weighted by molar-refractivity contribution is 0.525. The van der Waals surface area contributed by atoms with E-state index >= 15 is 0 Å². The highest BCUT2D eigenvalue weighted by atomic mass is 15.3. The SMILES string of the molecule is CC(C)(C)c1cc(C(C)(C)C)n2ncnc2n1. The summed E-state index contributed by atoms with van der Waals surface area (Å²) in [6, 6.07) is 2.14. The van der Waals surface area contributed by atoms with Crippen molar-refractivity contribution in [1.29, 1.82) is 0 Å². The zero-order valence-electron chi connectivity index (χ0n) is 11.4. The fourth-order valence-corrected chi connectivity index (χ4v) is 1.73. The predicted molar refractivity (Wildman–Crippen MR) is 68.2 cm³/mol. The van der Waals surface area contributed by atoms with Gasteiger partial charge in [-0.3, -0.25) is 0 Å². The van der Waals surface area contributed by atoms with Crippen LogP contribution in [-0.4, -0.2) is 19.6 Å². The first-order valence-corrected chi connectivity index (χ1v) is 5.91. The normalized spacial score (nSPS) is 13.3. The van der Waals surface area contributed by atoms with Gasteiger partial charge in [0, 0.05) is 10.8 Å². The van der Waals surface area contributed by atoms with E-state index in [4.69, 9.17) is 0 Å². The van der Waals surface area contributed by atoms with Gasteiger partial charge in [-0.1, -0.05) is 41.5 Å². The summed E-state index contributed by atoms with van der Waals surface area (Å²) >= 11 is 0. The molecule has 0 atom stereocenters. The third-order valence-electron chi connectivity index (χ3n) is 2.79. The van der Waals surface area contributed by atoms with Crippen molar-refractivity contribution in [2.24, 2.45) is 0 Å². The fraction of sp³-hybridized carbons (Fsp3) is 0.615. The van der Waals surface area contributed by atoms with Crippen LogP contribution >= 0.6 is 0 Å². The molecule has 0 aliphatic heterocycles. The molecule has 17 heavy (non-hydrogen) atoms. The molecule has 0 fully saturated rings. The van der Waals surface area contributed by atoms with Gasteiger partial charge in [0.15, 0.2) is 0 Å². The Morgan fingerprint density at radius 1 is 1.00 bits per heavy atom. The lowest BCUT2D eigenvalue weighted by Crippen LogP contribution is -2.22. The maximum absolute atomic E-state index is 4.57. The van der Waals surface area contributed by atoms with Crippen LogP contribution in [0.1, 0.15) is 52.9 Å². The number of fused-ring (bicyclic) bond motifs is 1. The van der Waals surface area contributed by atoms with E-state index in [9.17, 15) is 0 Å². The minimum absolute atomic E-state index is 0.0215. The highest BCUT2D eigenvalue weighted by Crippen LogP contribution is 2.27. The number of hydrogen-bond donors (Lipinski definition) is 0. The molecule has 0 unspecified atom stereocenters. The van der Waals surface area contributed by atoms with E-state index in [1.165, 1.54) is 0 Å². The van der Waals surface area contributed by atoms with Gasteiger partial charge in [0.1, 0.15) is 6.33 Å². The molecule has 4 heteroatoms. The van der Waals surface area contributed by atoms with Gasteiger partial charge in [-0.15, -0.1) is 0 Å². The molecular weight excluding hydrogens is 212 g/mol. The molecule has 0 spiro atoms. The molecule has 2 aromatic rings. The Morgan fingerprint density at radius 3 is 2.18 bits per heavy atom. The standard InChI is InChI=1S/C13H20N4/c1-12(2,3)9-7-10(13(4,5)6)17-11(16-9)14-8-15-17/h7-8H,1-6H3. The summed E-state index contributed by atoms with van der Waals surface area (Å²) in [5.74, 6) is 0.683. The van der Waals surface area contributed by atoms with E-state index in [0.717, 1.165) is 11.4 Å². The van der Waals surface area contributed by atoms with E-state index in [1.54, 1.807) is 6.33 Å². The van der Waals surface area contributed by atoms with Crippen molar-refractivity contribution in [2.45, 2.75) is 52.4 Å². The smallest absolute Gasteiger partial charge is 0.216 e. The molecule has 92 valence electrons. The second kappa shape index (κ2) is 3.52. The molecule has 0 bridgehead atoms. The molecule has 4 nitrogen and oxygen atoms in total. The summed E-state index contributed by atoms with van der Waals surface area (Å²) in [6.45, 7) is 13.0. The van der Waals surface area contributed by atoms with E-state index in [2.05, 4.69) is 62.7 Å². The van der Waals surface area contributed by atoms with Crippen LogP contribution in [0.2, 0.25) is 0 Å². The van der Waals surface area contributed by atoms with Crippen molar-refractivity contribution in [3.8, 4) is 0 Å². The van der Waals surface area contributed by atoms with E-state index < -0.39 is 0 Å². The summed E-state index contributed by atoms with van der Waals surface area (Å²) < 4.78 is 1.83. The van der Waals surface area contributed by atoms with Crippen LogP contribution < -0.4 is 0 Å². The number of nitrogens with zero attached hydrogens (tertiary/aromatic N) is 4. The average Bonchev–Trinajstić information content (AvgIpc) is 2.59. The van der Waals surface area contributed by atoms with Gasteiger partial charge in [0.05, 0.1) is 11.4 Å². The molecule has 0 saturated carbocycles. The van der Waals surface area contributed by atoms with Gasteiger partial charge in [-0.25, -0.2) is 9.50 Å². The van der Waals surface area contributed by atoms with Crippen molar-refractivity contribution in [3.63, 3.8) is 0 Å². The Morgan fingerprint density at radius 2 is 1.65 bits per heavy atom. The van der Waals surface area contributed by atoms with Crippen molar-refractivity contribution < 1.29 is 0 Å². The summed E-state index contributed by atoms with van der Waals surface area (Å²) in [5, 5.41) is 4.25. The number of aromatic nitrogens is 4. The van der Waals surface area contributed by atoms with Crippen LogP contribution in [0.15, 0.2) is 12.4 Å². The molecular formula is C13H20N4. The summed E-state index contributed by atoms with van der Waals surface area (Å²) in [4.78, 5) is 8.78. The Hall–Kier alpha value is -1.45. The molecule has 0 aliphatic carbocycles. The summed E-state index contributed by atoms with van der Waals surface area (Å²) in [6.07, 6.45) is 1.56. The molecule has 2 rings (SSSR count). The van der Waals surface area contributed by atoms with Crippen LogP contribution in [0.25, 0.3) is 5.78 Å². The molecule has 0 aliphatic rings. The number of rotatable bonds is 0. The minimum Gasteiger partial charge on any atom is -0.216 e. The first-order chi connectivity index (χ1) is 7.69. The molecule has 0 aromatic carbocycles. The first kappa shape index (κ1) is 12.0. The van der Waals surface area contributed by atoms with Gasteiger partial charge >= 0.3 is 0 Å². The highest BCUT2D eigenvalue weighted by Gasteiger charge is 2.24. The summed E-state index contributed by atoms with van der Waals surface area (Å²) in [5.41, 5.74) is 2.25. The first-order valence-electron chi connectivity index (χ1n) is 5.91. The average molecular weight is 232 g/mol. The summed E-state index contributed by atoms with van der Waals surface area (Å²) in [7, 11) is 0. The van der Waals surface area contributed by atoms with Gasteiger partial charge in [0.25, 0.3) is 5.78 Å². The van der Waals surface area contributed by atoms with Crippen molar-refractivity contribution in [3.05, 3.63) is 23.8 Å². The van der Waals surface area contributed by atoms with Gasteiger partial charge in [-0.2, -0.15) is 10.1 Å². The zero-order chi connectivity index (χ0) is 12.8. The van der Waals surface area contributed by atoms with Crippen molar-refractivity contribution in [1.82, 2.24) is 19.6 Å². The second-order valence-corrected chi connectivity index (χ2v) is 6.50. The van der Waals surface area contributed by atoms with E-state index in [-0.39, 0.29) is 10.8 Å². The van der Waals surface area contributed by atoms with Gasteiger partial charge < -0.3 is 0 Å². The predicted octanol–water partition coefficient (Wildman–Crippen LogP) is 2.72. The van der Waals surface area contributed by atoms with Crippen LogP contribution in [0, 0.1) is 0 Å². The number of hydrogen-bond acceptors (Lipinski definition) is 3. The monoisotopic (exact) mass is 232 g/mol. The molecule has 2 aromatic heterocycles. The topological polar surface area (TPSA) is 43.1 Å². The van der Waals surface area contributed by atoms with E-state index in [1.807, 2.05) is 4.52 Å². The van der Waals surface area contributed by atoms with Crippen LogP contribution in [-0.2, 0) is 10.8 Å². The highest BCUT2D eigenvalue weighted by molar-refractivity contribution is 5.35. The van der Waals surface area contributed by atoms with Crippen LogP contribution in [0.3, 0.4) is 0 Å². The molecule has 2 heterocycles. The Labute approximate surface area is 102 Å². The van der Waals surface area contributed by atoms with E-state index in [0.29, 0.717) is 5.78 Å².